The number of benzene rings is 2. The van der Waals surface area contributed by atoms with Crippen molar-refractivity contribution in [1.29, 1.82) is 0 Å². The number of carbonyl (C=O) groups excluding carboxylic acids is 1. The van der Waals surface area contributed by atoms with Crippen LogP contribution in [0.5, 0.6) is 11.5 Å². The van der Waals surface area contributed by atoms with Gasteiger partial charge in [0.25, 0.3) is 5.56 Å². The number of aromatic nitrogens is 4. The van der Waals surface area contributed by atoms with E-state index in [1.165, 1.54) is 0 Å². The summed E-state index contributed by atoms with van der Waals surface area (Å²) in [7, 11) is 1.60. The van der Waals surface area contributed by atoms with E-state index in [9.17, 15) is 9.59 Å². The van der Waals surface area contributed by atoms with Crippen molar-refractivity contribution < 1.29 is 19.0 Å². The molecule has 0 aliphatic carbocycles. The molecule has 1 saturated heterocycles. The fourth-order valence-corrected chi connectivity index (χ4v) is 5.74. The fraction of sp³-hybridized carbons (Fsp3) is 0.375. The topological polar surface area (TPSA) is 115 Å². The minimum atomic E-state index is -0.288. The molecule has 6 rings (SSSR count). The first-order valence-corrected chi connectivity index (χ1v) is 14.5. The highest BCUT2D eigenvalue weighted by Gasteiger charge is 2.22. The molecule has 2 aliphatic heterocycles. The Kier molecular flexibility index (Phi) is 8.26. The van der Waals surface area contributed by atoms with Crippen molar-refractivity contribution >= 4 is 5.91 Å². The summed E-state index contributed by atoms with van der Waals surface area (Å²) in [4.78, 5) is 42.5. The van der Waals surface area contributed by atoms with E-state index in [4.69, 9.17) is 14.2 Å². The molecular weight excluding hydrogens is 548 g/mol. The van der Waals surface area contributed by atoms with Gasteiger partial charge < -0.3 is 24.1 Å². The van der Waals surface area contributed by atoms with Crippen molar-refractivity contribution in [1.82, 2.24) is 29.3 Å². The quantitative estimate of drug-likeness (QED) is 0.381. The molecular formula is C32H36N6O5. The zero-order valence-corrected chi connectivity index (χ0v) is 24.8. The Morgan fingerprint density at radius 3 is 2.70 bits per heavy atom. The highest BCUT2D eigenvalue weighted by atomic mass is 16.5. The Balaban J connectivity index is 1.41. The van der Waals surface area contributed by atoms with E-state index in [0.717, 1.165) is 47.8 Å². The molecule has 0 spiro atoms. The second kappa shape index (κ2) is 12.4. The lowest BCUT2D eigenvalue weighted by molar-refractivity contribution is -0.131. The van der Waals surface area contributed by atoms with Crippen LogP contribution in [-0.2, 0) is 29.0 Å². The predicted molar refractivity (Wildman–Crippen MR) is 161 cm³/mol. The molecule has 11 nitrogen and oxygen atoms in total. The standard InChI is InChI=1S/C32H36N6O5/c1-21-27(32(40)35-22(2)34-21)18-30(39)37-10-13-43-29-17-25(4-5-28(29)41-3)31-33-6-7-38(31)26-15-23(14-24(16-26)20-37)19-36-8-11-42-12-9-36/h4-7,14-17H,8-13,18-20H2,1-3H3,(H,34,35,40). The molecule has 4 bridgehead atoms. The summed E-state index contributed by atoms with van der Waals surface area (Å²) in [5.74, 6) is 2.28. The molecule has 43 heavy (non-hydrogen) atoms. The number of hydrogen-bond donors (Lipinski definition) is 1. The van der Waals surface area contributed by atoms with Gasteiger partial charge in [0.1, 0.15) is 18.3 Å². The van der Waals surface area contributed by atoms with Gasteiger partial charge >= 0.3 is 0 Å². The molecule has 224 valence electrons. The molecule has 2 aromatic carbocycles. The minimum Gasteiger partial charge on any atom is -0.493 e. The smallest absolute Gasteiger partial charge is 0.254 e. The zero-order valence-electron chi connectivity index (χ0n) is 24.8. The number of aromatic amines is 1. The lowest BCUT2D eigenvalue weighted by Gasteiger charge is -2.27. The monoisotopic (exact) mass is 584 g/mol. The Labute approximate surface area is 250 Å². The Morgan fingerprint density at radius 2 is 1.91 bits per heavy atom. The Morgan fingerprint density at radius 1 is 1.07 bits per heavy atom. The molecule has 11 heteroatoms. The van der Waals surface area contributed by atoms with Gasteiger partial charge in [0, 0.05) is 61.1 Å². The molecule has 2 aliphatic rings. The number of rotatable bonds is 5. The van der Waals surface area contributed by atoms with Crippen LogP contribution in [0.15, 0.2) is 53.6 Å². The molecule has 1 amide bonds. The van der Waals surface area contributed by atoms with Crippen LogP contribution in [0.1, 0.15) is 28.2 Å². The number of ether oxygens (including phenoxy) is 3. The van der Waals surface area contributed by atoms with Gasteiger partial charge in [-0.3, -0.25) is 19.1 Å². The number of morpholine rings is 1. The number of fused-ring (bicyclic) bond motifs is 7. The van der Waals surface area contributed by atoms with Crippen LogP contribution in [0.25, 0.3) is 17.1 Å². The lowest BCUT2D eigenvalue weighted by Crippen LogP contribution is -2.37. The van der Waals surface area contributed by atoms with E-state index in [1.54, 1.807) is 32.1 Å². The number of imidazole rings is 1. The van der Waals surface area contributed by atoms with E-state index >= 15 is 0 Å². The van der Waals surface area contributed by atoms with Crippen LogP contribution in [0.4, 0.5) is 0 Å². The van der Waals surface area contributed by atoms with Gasteiger partial charge in [-0.2, -0.15) is 0 Å². The molecule has 4 heterocycles. The van der Waals surface area contributed by atoms with Gasteiger partial charge in [0.2, 0.25) is 5.91 Å². The molecule has 1 fully saturated rings. The van der Waals surface area contributed by atoms with Crippen LogP contribution in [0.2, 0.25) is 0 Å². The van der Waals surface area contributed by atoms with Crippen LogP contribution in [-0.4, -0.2) is 81.8 Å². The van der Waals surface area contributed by atoms with E-state index in [-0.39, 0.29) is 24.5 Å². The maximum Gasteiger partial charge on any atom is 0.254 e. The fourth-order valence-electron chi connectivity index (χ4n) is 5.74. The number of nitrogens with one attached hydrogen (secondary N) is 1. The second-order valence-electron chi connectivity index (χ2n) is 10.9. The van der Waals surface area contributed by atoms with E-state index in [0.29, 0.717) is 54.9 Å². The summed E-state index contributed by atoms with van der Waals surface area (Å²) in [5, 5.41) is 0. The van der Waals surface area contributed by atoms with Gasteiger partial charge in [-0.05, 0) is 55.3 Å². The number of nitrogens with zero attached hydrogens (tertiary/aromatic N) is 5. The first-order chi connectivity index (χ1) is 20.9. The molecule has 2 aromatic heterocycles. The van der Waals surface area contributed by atoms with E-state index in [1.807, 2.05) is 24.4 Å². The summed E-state index contributed by atoms with van der Waals surface area (Å²) < 4.78 is 19.4. The van der Waals surface area contributed by atoms with Gasteiger partial charge in [0.05, 0.1) is 33.3 Å². The van der Waals surface area contributed by atoms with Crippen molar-refractivity contribution in [2.24, 2.45) is 0 Å². The zero-order chi connectivity index (χ0) is 29.9. The van der Waals surface area contributed by atoms with Crippen LogP contribution >= 0.6 is 0 Å². The largest absolute Gasteiger partial charge is 0.493 e. The van der Waals surface area contributed by atoms with Crippen molar-refractivity contribution in [3.63, 3.8) is 0 Å². The van der Waals surface area contributed by atoms with Gasteiger partial charge in [-0.15, -0.1) is 0 Å². The summed E-state index contributed by atoms with van der Waals surface area (Å²) in [6.45, 7) is 8.32. The molecule has 0 saturated carbocycles. The maximum absolute atomic E-state index is 13.8. The first kappa shape index (κ1) is 28.6. The van der Waals surface area contributed by atoms with Crippen LogP contribution < -0.4 is 15.0 Å². The van der Waals surface area contributed by atoms with E-state index in [2.05, 4.69) is 42.6 Å². The molecule has 1 N–H and O–H groups in total. The van der Waals surface area contributed by atoms with Gasteiger partial charge in [-0.25, -0.2) is 9.97 Å². The van der Waals surface area contributed by atoms with Crippen molar-refractivity contribution in [2.75, 3.05) is 46.6 Å². The minimum absolute atomic E-state index is 0.0563. The van der Waals surface area contributed by atoms with Gasteiger partial charge in [-0.1, -0.05) is 6.07 Å². The number of amides is 1. The number of hydrogen-bond acceptors (Lipinski definition) is 8. The Hall–Kier alpha value is -4.48. The number of H-pyrrole nitrogens is 1. The molecule has 0 atom stereocenters. The number of aryl methyl sites for hydroxylation is 2. The van der Waals surface area contributed by atoms with Crippen molar-refractivity contribution in [3.05, 3.63) is 87.4 Å². The third-order valence-corrected chi connectivity index (χ3v) is 7.90. The summed E-state index contributed by atoms with van der Waals surface area (Å²) in [5.41, 5.74) is 4.59. The molecule has 0 unspecified atom stereocenters. The lowest BCUT2D eigenvalue weighted by atomic mass is 10.1. The third-order valence-electron chi connectivity index (χ3n) is 7.90. The average molecular weight is 585 g/mol. The first-order valence-electron chi connectivity index (χ1n) is 14.5. The summed E-state index contributed by atoms with van der Waals surface area (Å²) in [6, 6.07) is 12.2. The SMILES string of the molecule is COc1ccc2cc1OCCN(C(=O)Cc1c(C)nc(C)[nH]c1=O)Cc1cc(CN3CCOCC3)cc(c1)-n1ccnc1-2. The van der Waals surface area contributed by atoms with E-state index < -0.39 is 0 Å². The summed E-state index contributed by atoms with van der Waals surface area (Å²) >= 11 is 0. The average Bonchev–Trinajstić information content (AvgIpc) is 3.49. The molecule has 4 aromatic rings. The van der Waals surface area contributed by atoms with Crippen LogP contribution in [0, 0.1) is 13.8 Å². The summed E-state index contributed by atoms with van der Waals surface area (Å²) in [6.07, 6.45) is 3.67. The Bertz CT molecular complexity index is 1690. The van der Waals surface area contributed by atoms with Crippen LogP contribution in [0.3, 0.4) is 0 Å². The third kappa shape index (κ3) is 6.32. The van der Waals surface area contributed by atoms with Crippen molar-refractivity contribution in [3.8, 4) is 28.6 Å². The predicted octanol–water partition coefficient (Wildman–Crippen LogP) is 3.04. The highest BCUT2D eigenvalue weighted by molar-refractivity contribution is 5.79. The normalized spacial score (nSPS) is 15.5. The number of carbonyl (C=O) groups is 1. The van der Waals surface area contributed by atoms with Crippen molar-refractivity contribution in [2.45, 2.75) is 33.4 Å². The van der Waals surface area contributed by atoms with Gasteiger partial charge in [0.15, 0.2) is 11.5 Å². The number of methoxy groups -OCH3 is 1. The molecule has 0 radical (unpaired) electrons. The highest BCUT2D eigenvalue weighted by Crippen LogP contribution is 2.33. The second-order valence-corrected chi connectivity index (χ2v) is 10.9. The maximum atomic E-state index is 13.8.